The van der Waals surface area contributed by atoms with Gasteiger partial charge in [0.1, 0.15) is 0 Å². The van der Waals surface area contributed by atoms with Gasteiger partial charge >= 0.3 is 0 Å². The number of nitrogens with two attached hydrogens (primary N) is 1. The summed E-state index contributed by atoms with van der Waals surface area (Å²) >= 11 is 0. The van der Waals surface area contributed by atoms with Crippen molar-refractivity contribution in [2.24, 2.45) is 5.73 Å². The average molecular weight is 758 g/mol. The lowest BCUT2D eigenvalue weighted by atomic mass is 10.3. The van der Waals surface area contributed by atoms with Crippen LogP contribution in [0.5, 0.6) is 0 Å². The van der Waals surface area contributed by atoms with Crippen molar-refractivity contribution in [1.82, 2.24) is 20.3 Å². The second-order valence-electron chi connectivity index (χ2n) is 10.6. The number of carbonyl (C=O) groups excluding carboxylic acids is 1. The molecule has 0 aliphatic rings. The van der Waals surface area contributed by atoms with Crippen molar-refractivity contribution in [2.75, 3.05) is 150 Å². The fraction of sp³-hybridized carbons (Fsp3) is 0.906. The van der Waals surface area contributed by atoms with Crippen molar-refractivity contribution in [2.45, 2.75) is 39.3 Å². The van der Waals surface area contributed by atoms with Gasteiger partial charge in [0.05, 0.1) is 144 Å². The number of nitrogens with zero attached hydrogens (tertiary/aromatic N) is 3. The van der Waals surface area contributed by atoms with Crippen LogP contribution >= 0.6 is 21.6 Å². The van der Waals surface area contributed by atoms with Gasteiger partial charge in [0.2, 0.25) is 5.91 Å². The van der Waals surface area contributed by atoms with E-state index in [2.05, 4.69) is 22.6 Å². The van der Waals surface area contributed by atoms with Gasteiger partial charge in [-0.15, -0.1) is 5.10 Å². The molecule has 16 nitrogen and oxygen atoms in total. The fourth-order valence-corrected chi connectivity index (χ4v) is 5.85. The monoisotopic (exact) mass is 757 g/mol. The lowest BCUT2D eigenvalue weighted by molar-refractivity contribution is -0.120. The van der Waals surface area contributed by atoms with Crippen molar-refractivity contribution in [3.05, 3.63) is 11.9 Å². The van der Waals surface area contributed by atoms with Crippen LogP contribution in [0.3, 0.4) is 0 Å². The van der Waals surface area contributed by atoms with Crippen molar-refractivity contribution >= 4 is 27.5 Å². The number of nitrogens with one attached hydrogen (secondary N) is 1. The van der Waals surface area contributed by atoms with Crippen LogP contribution in [0.2, 0.25) is 0 Å². The Morgan fingerprint density at radius 1 is 0.680 bits per heavy atom. The van der Waals surface area contributed by atoms with Gasteiger partial charge in [-0.3, -0.25) is 4.79 Å². The lowest BCUT2D eigenvalue weighted by Crippen LogP contribution is -2.27. The van der Waals surface area contributed by atoms with Crippen LogP contribution in [-0.4, -0.2) is 177 Å². The van der Waals surface area contributed by atoms with Crippen molar-refractivity contribution in [3.63, 3.8) is 0 Å². The molecule has 1 amide bonds. The van der Waals surface area contributed by atoms with Crippen LogP contribution in [0.25, 0.3) is 0 Å². The zero-order valence-corrected chi connectivity index (χ0v) is 31.9. The molecular formula is C32H63N5O11S2. The minimum atomic E-state index is 0.0388. The number of amides is 1. The standard InChI is InChI=1S/C32H63N5O11S2/c1-3-31(33)29-50-49-27-4-32(38)34-5-7-39-9-11-41-13-15-43-17-19-45-21-23-47-25-26-48-24-22-46-20-18-44-16-14-42-12-10-40-8-6-37-28-30(2)35-36-37/h28,31H,3-27,29,33H2,1-2H3,(H,34,38)/t31-/m1/s1. The average Bonchev–Trinajstić information content (AvgIpc) is 3.54. The molecule has 1 heterocycles. The van der Waals surface area contributed by atoms with E-state index in [-0.39, 0.29) is 11.9 Å². The van der Waals surface area contributed by atoms with Gasteiger partial charge in [-0.25, -0.2) is 4.68 Å². The van der Waals surface area contributed by atoms with E-state index < -0.39 is 0 Å². The zero-order chi connectivity index (χ0) is 36.0. The van der Waals surface area contributed by atoms with E-state index in [9.17, 15) is 4.79 Å². The molecule has 0 fully saturated rings. The highest BCUT2D eigenvalue weighted by atomic mass is 33.1. The Morgan fingerprint density at radius 2 is 1.08 bits per heavy atom. The first-order valence-electron chi connectivity index (χ1n) is 17.5. The molecule has 0 saturated carbocycles. The zero-order valence-electron chi connectivity index (χ0n) is 30.3. The number of hydrogen-bond acceptors (Lipinski definition) is 16. The summed E-state index contributed by atoms with van der Waals surface area (Å²) in [7, 11) is 3.41. The summed E-state index contributed by atoms with van der Waals surface area (Å²) in [6.45, 7) is 15.2. The summed E-state index contributed by atoms with van der Waals surface area (Å²) in [4.78, 5) is 11.8. The highest BCUT2D eigenvalue weighted by Gasteiger charge is 2.03. The fourth-order valence-electron chi connectivity index (χ4n) is 3.54. The smallest absolute Gasteiger partial charge is 0.220 e. The molecule has 3 N–H and O–H groups in total. The van der Waals surface area contributed by atoms with Gasteiger partial charge in [-0.1, -0.05) is 33.7 Å². The number of carbonyl (C=O) groups is 1. The second-order valence-corrected chi connectivity index (χ2v) is 13.2. The lowest BCUT2D eigenvalue weighted by Gasteiger charge is -2.09. The molecule has 0 bridgehead atoms. The second kappa shape index (κ2) is 37.6. The Labute approximate surface area is 306 Å². The molecular weight excluding hydrogens is 695 g/mol. The summed E-state index contributed by atoms with van der Waals surface area (Å²) in [5, 5.41) is 10.8. The normalized spacial score (nSPS) is 12.1. The van der Waals surface area contributed by atoms with Gasteiger partial charge in [0.25, 0.3) is 0 Å². The third-order valence-electron chi connectivity index (χ3n) is 6.34. The van der Waals surface area contributed by atoms with E-state index >= 15 is 0 Å². The van der Waals surface area contributed by atoms with Crippen LogP contribution in [0.1, 0.15) is 25.5 Å². The largest absolute Gasteiger partial charge is 0.377 e. The van der Waals surface area contributed by atoms with Crippen molar-refractivity contribution in [1.29, 1.82) is 0 Å². The molecule has 0 spiro atoms. The van der Waals surface area contributed by atoms with Gasteiger partial charge in [0.15, 0.2) is 0 Å². The quantitative estimate of drug-likeness (QED) is 0.0724. The first-order valence-corrected chi connectivity index (χ1v) is 20.0. The summed E-state index contributed by atoms with van der Waals surface area (Å²) in [6.07, 6.45) is 3.35. The first-order chi connectivity index (χ1) is 24.6. The maximum atomic E-state index is 11.8. The predicted octanol–water partition coefficient (Wildman–Crippen LogP) is 1.38. The summed E-state index contributed by atoms with van der Waals surface area (Å²) in [5.41, 5.74) is 6.76. The van der Waals surface area contributed by atoms with Crippen LogP contribution in [-0.2, 0) is 58.7 Å². The molecule has 1 aromatic rings. The minimum Gasteiger partial charge on any atom is -0.377 e. The molecule has 50 heavy (non-hydrogen) atoms. The van der Waals surface area contributed by atoms with E-state index in [0.29, 0.717) is 152 Å². The van der Waals surface area contributed by atoms with E-state index in [1.165, 1.54) is 0 Å². The molecule has 0 unspecified atom stereocenters. The third-order valence-corrected chi connectivity index (χ3v) is 8.85. The molecule has 0 aliphatic carbocycles. The maximum Gasteiger partial charge on any atom is 0.220 e. The van der Waals surface area contributed by atoms with Crippen LogP contribution < -0.4 is 11.1 Å². The Morgan fingerprint density at radius 3 is 1.46 bits per heavy atom. The highest BCUT2D eigenvalue weighted by molar-refractivity contribution is 8.76. The maximum absolute atomic E-state index is 11.8. The number of ether oxygens (including phenoxy) is 10. The summed E-state index contributed by atoms with van der Waals surface area (Å²) in [6, 6.07) is 0.226. The van der Waals surface area contributed by atoms with Crippen molar-refractivity contribution < 1.29 is 52.2 Å². The SMILES string of the molecule is CC[C@@H](N)CSSCCC(=O)NCCOCCOCCOCCOCCOCCOCCOCCOCCOCCOCCn1cc(C)nn1. The van der Waals surface area contributed by atoms with E-state index in [1.807, 2.05) is 13.1 Å². The van der Waals surface area contributed by atoms with Crippen molar-refractivity contribution in [3.8, 4) is 0 Å². The van der Waals surface area contributed by atoms with Crippen LogP contribution in [0.4, 0.5) is 0 Å². The molecule has 18 heteroatoms. The van der Waals surface area contributed by atoms with Crippen LogP contribution in [0.15, 0.2) is 6.20 Å². The minimum absolute atomic E-state index is 0.0388. The van der Waals surface area contributed by atoms with Gasteiger partial charge in [0, 0.05) is 36.7 Å². The molecule has 0 aromatic carbocycles. The van der Waals surface area contributed by atoms with E-state index in [4.69, 9.17) is 53.1 Å². The first kappa shape index (κ1) is 46.9. The molecule has 1 rings (SSSR count). The van der Waals surface area contributed by atoms with Crippen LogP contribution in [0, 0.1) is 6.92 Å². The van der Waals surface area contributed by atoms with Gasteiger partial charge in [-0.2, -0.15) is 0 Å². The Balaban J connectivity index is 1.63. The number of hydrogen-bond donors (Lipinski definition) is 2. The highest BCUT2D eigenvalue weighted by Crippen LogP contribution is 2.22. The molecule has 294 valence electrons. The Kier molecular flexibility index (Phi) is 35.3. The van der Waals surface area contributed by atoms with Gasteiger partial charge < -0.3 is 58.4 Å². The van der Waals surface area contributed by atoms with E-state index in [1.54, 1.807) is 26.3 Å². The topological polar surface area (TPSA) is 178 Å². The molecule has 0 saturated heterocycles. The Hall–Kier alpha value is -1.13. The molecule has 1 atom stereocenters. The third kappa shape index (κ3) is 34.0. The summed E-state index contributed by atoms with van der Waals surface area (Å²) in [5.74, 6) is 1.73. The molecule has 1 aromatic heterocycles. The Bertz CT molecular complexity index is 867. The van der Waals surface area contributed by atoms with Gasteiger partial charge in [-0.05, 0) is 13.3 Å². The number of aromatic nitrogens is 3. The number of rotatable bonds is 40. The molecule has 0 aliphatic heterocycles. The van der Waals surface area contributed by atoms with E-state index in [0.717, 1.165) is 23.6 Å². The molecule has 0 radical (unpaired) electrons. The predicted molar refractivity (Wildman–Crippen MR) is 194 cm³/mol. The summed E-state index contributed by atoms with van der Waals surface area (Å²) < 4.78 is 56.6. The number of aryl methyl sites for hydroxylation is 1.